The summed E-state index contributed by atoms with van der Waals surface area (Å²) in [4.78, 5) is 15.8. The number of carbonyl (C=O) groups excluding carboxylic acids is 1. The lowest BCUT2D eigenvalue weighted by Gasteiger charge is -2.16. The first-order valence-electron chi connectivity index (χ1n) is 8.08. The number of nitrogens with two attached hydrogens (primary N) is 2. The van der Waals surface area contributed by atoms with E-state index in [1.165, 1.54) is 13.2 Å². The first kappa shape index (κ1) is 20.2. The fourth-order valence-corrected chi connectivity index (χ4v) is 3.43. The molecule has 0 aliphatic rings. The summed E-state index contributed by atoms with van der Waals surface area (Å²) in [6, 6.07) is 10.0. The minimum absolute atomic E-state index is 0.0419. The van der Waals surface area contributed by atoms with Crippen LogP contribution in [0.1, 0.15) is 22.8 Å². The number of nitrogens with one attached hydrogen (secondary N) is 1. The molecule has 0 aromatic heterocycles. The summed E-state index contributed by atoms with van der Waals surface area (Å²) in [5.74, 6) is -0.532. The third-order valence-electron chi connectivity index (χ3n) is 3.82. The van der Waals surface area contributed by atoms with Gasteiger partial charge in [0.25, 0.3) is 5.91 Å². The van der Waals surface area contributed by atoms with Crippen molar-refractivity contribution in [3.8, 4) is 5.75 Å². The quantitative estimate of drug-likeness (QED) is 0.505. The van der Waals surface area contributed by atoms with Gasteiger partial charge in [-0.2, -0.15) is 4.99 Å². The van der Waals surface area contributed by atoms with Crippen molar-refractivity contribution in [1.82, 2.24) is 0 Å². The number of nitrogens with zero attached hydrogens (tertiary/aromatic N) is 1. The molecule has 0 radical (unpaired) electrons. The topological polar surface area (TPSA) is 137 Å². The molecule has 9 heteroatoms. The van der Waals surface area contributed by atoms with Gasteiger partial charge in [0.15, 0.2) is 15.8 Å². The van der Waals surface area contributed by atoms with E-state index >= 15 is 0 Å². The van der Waals surface area contributed by atoms with Gasteiger partial charge in [0.05, 0.1) is 23.4 Å². The third-order valence-corrected chi connectivity index (χ3v) is 4.96. The molecule has 0 aliphatic heterocycles. The Labute approximate surface area is 158 Å². The van der Waals surface area contributed by atoms with Crippen LogP contribution in [0.4, 0.5) is 11.4 Å². The summed E-state index contributed by atoms with van der Waals surface area (Å²) in [5.41, 5.74) is 12.2. The molecule has 0 atom stereocenters. The highest BCUT2D eigenvalue weighted by Gasteiger charge is 2.21. The van der Waals surface area contributed by atoms with Crippen LogP contribution in [0.15, 0.2) is 46.3 Å². The molecule has 2 aromatic rings. The van der Waals surface area contributed by atoms with Crippen molar-refractivity contribution in [1.29, 1.82) is 0 Å². The van der Waals surface area contributed by atoms with Crippen LogP contribution < -0.4 is 21.5 Å². The maximum Gasteiger partial charge on any atom is 0.280 e. The molecule has 0 aliphatic carbocycles. The Kier molecular flexibility index (Phi) is 6.06. The lowest BCUT2D eigenvalue weighted by Crippen LogP contribution is -2.24. The van der Waals surface area contributed by atoms with Gasteiger partial charge >= 0.3 is 0 Å². The number of hydrogen-bond donors (Lipinski definition) is 3. The van der Waals surface area contributed by atoms with Crippen molar-refractivity contribution < 1.29 is 17.9 Å². The molecule has 0 saturated heterocycles. The van der Waals surface area contributed by atoms with E-state index in [9.17, 15) is 13.2 Å². The molecule has 8 nitrogen and oxygen atoms in total. The zero-order chi connectivity index (χ0) is 20.2. The molecule has 0 fully saturated rings. The van der Waals surface area contributed by atoms with E-state index in [-0.39, 0.29) is 16.4 Å². The Hall–Kier alpha value is -3.07. The van der Waals surface area contributed by atoms with Crippen molar-refractivity contribution in [2.45, 2.75) is 18.2 Å². The maximum absolute atomic E-state index is 12.3. The standard InChI is InChI=1S/C18H22N4O4S/c1-4-11-9-14(21-13-7-5-6-8-15(13)26-2)16(27(3,24)25)10-12(11)17(23)22-18(19)20/h5-10,21H,4H2,1-3H3,(H4,19,20,22,23). The number of hydrogen-bond acceptors (Lipinski definition) is 5. The number of benzene rings is 2. The van der Waals surface area contributed by atoms with Gasteiger partial charge < -0.3 is 21.5 Å². The lowest BCUT2D eigenvalue weighted by molar-refractivity contribution is 0.100. The summed E-state index contributed by atoms with van der Waals surface area (Å²) in [6.45, 7) is 1.84. The first-order valence-corrected chi connectivity index (χ1v) is 9.97. The number of carbonyl (C=O) groups is 1. The van der Waals surface area contributed by atoms with Crippen LogP contribution in [0, 0.1) is 0 Å². The third kappa shape index (κ3) is 4.76. The number of anilines is 2. The second-order valence-electron chi connectivity index (χ2n) is 5.80. The van der Waals surface area contributed by atoms with E-state index in [1.807, 2.05) is 6.92 Å². The van der Waals surface area contributed by atoms with Crippen LogP contribution in [0.5, 0.6) is 5.75 Å². The van der Waals surface area contributed by atoms with Crippen LogP contribution in [0.25, 0.3) is 0 Å². The van der Waals surface area contributed by atoms with Crippen molar-refractivity contribution in [2.24, 2.45) is 16.5 Å². The average molecular weight is 390 g/mol. The van der Waals surface area contributed by atoms with Crippen LogP contribution >= 0.6 is 0 Å². The van der Waals surface area contributed by atoms with Crippen LogP contribution in [0.3, 0.4) is 0 Å². The van der Waals surface area contributed by atoms with Crippen molar-refractivity contribution in [3.05, 3.63) is 47.5 Å². The molecule has 144 valence electrons. The highest BCUT2D eigenvalue weighted by molar-refractivity contribution is 7.90. The van der Waals surface area contributed by atoms with Gasteiger partial charge in [-0.15, -0.1) is 0 Å². The number of methoxy groups -OCH3 is 1. The molecule has 0 spiro atoms. The Morgan fingerprint density at radius 2 is 1.85 bits per heavy atom. The fraction of sp³-hybridized carbons (Fsp3) is 0.222. The van der Waals surface area contributed by atoms with E-state index in [2.05, 4.69) is 10.3 Å². The fourth-order valence-electron chi connectivity index (χ4n) is 2.59. The van der Waals surface area contributed by atoms with Gasteiger partial charge in [0.1, 0.15) is 5.75 Å². The van der Waals surface area contributed by atoms with Crippen molar-refractivity contribution >= 4 is 33.1 Å². The van der Waals surface area contributed by atoms with Gasteiger partial charge in [-0.25, -0.2) is 8.42 Å². The average Bonchev–Trinajstić information content (AvgIpc) is 2.60. The number of amides is 1. The Morgan fingerprint density at radius 1 is 1.19 bits per heavy atom. The Bertz CT molecular complexity index is 996. The van der Waals surface area contributed by atoms with Crippen LogP contribution in [0.2, 0.25) is 0 Å². The molecule has 5 N–H and O–H groups in total. The van der Waals surface area contributed by atoms with Gasteiger partial charge in [0.2, 0.25) is 0 Å². The monoisotopic (exact) mass is 390 g/mol. The van der Waals surface area contributed by atoms with Gasteiger partial charge in [-0.3, -0.25) is 4.79 Å². The minimum atomic E-state index is -3.65. The number of ether oxygens (including phenoxy) is 1. The van der Waals surface area contributed by atoms with Gasteiger partial charge in [-0.1, -0.05) is 19.1 Å². The lowest BCUT2D eigenvalue weighted by atomic mass is 10.0. The zero-order valence-corrected chi connectivity index (χ0v) is 16.1. The summed E-state index contributed by atoms with van der Waals surface area (Å²) in [6.07, 6.45) is 1.54. The molecule has 0 heterocycles. The molecule has 2 rings (SSSR count). The second kappa shape index (κ2) is 8.09. The number of rotatable bonds is 6. The van der Waals surface area contributed by atoms with E-state index in [0.717, 1.165) is 6.26 Å². The molecule has 0 saturated carbocycles. The molecular weight excluding hydrogens is 368 g/mol. The van der Waals surface area contributed by atoms with E-state index < -0.39 is 15.7 Å². The number of sulfone groups is 1. The number of aryl methyl sites for hydroxylation is 1. The predicted molar refractivity (Wildman–Crippen MR) is 105 cm³/mol. The van der Waals surface area contributed by atoms with E-state index in [1.54, 1.807) is 30.3 Å². The molecule has 2 aromatic carbocycles. The predicted octanol–water partition coefficient (Wildman–Crippen LogP) is 1.82. The SMILES string of the molecule is CCc1cc(Nc2ccccc2OC)c(S(C)(=O)=O)cc1C(=O)N=C(N)N. The smallest absolute Gasteiger partial charge is 0.280 e. The van der Waals surface area contributed by atoms with Gasteiger partial charge in [0, 0.05) is 11.8 Å². The Morgan fingerprint density at radius 3 is 2.41 bits per heavy atom. The number of guanidine groups is 1. The zero-order valence-electron chi connectivity index (χ0n) is 15.3. The number of para-hydroxylation sites is 2. The highest BCUT2D eigenvalue weighted by atomic mass is 32.2. The molecule has 0 bridgehead atoms. The minimum Gasteiger partial charge on any atom is -0.495 e. The van der Waals surface area contributed by atoms with E-state index in [0.29, 0.717) is 29.1 Å². The van der Waals surface area contributed by atoms with Crippen LogP contribution in [-0.4, -0.2) is 33.7 Å². The van der Waals surface area contributed by atoms with E-state index in [4.69, 9.17) is 16.2 Å². The van der Waals surface area contributed by atoms with Crippen molar-refractivity contribution in [3.63, 3.8) is 0 Å². The van der Waals surface area contributed by atoms with Crippen LogP contribution in [-0.2, 0) is 16.3 Å². The summed E-state index contributed by atoms with van der Waals surface area (Å²) >= 11 is 0. The molecular formula is C18H22N4O4S. The molecule has 0 unspecified atom stereocenters. The highest BCUT2D eigenvalue weighted by Crippen LogP contribution is 2.33. The van der Waals surface area contributed by atoms with Crippen molar-refractivity contribution in [2.75, 3.05) is 18.7 Å². The second-order valence-corrected chi connectivity index (χ2v) is 7.78. The normalized spacial score (nSPS) is 10.9. The largest absolute Gasteiger partial charge is 0.495 e. The summed E-state index contributed by atoms with van der Waals surface area (Å²) in [5, 5.41) is 3.08. The Balaban J connectivity index is 2.67. The maximum atomic E-state index is 12.3. The van der Waals surface area contributed by atoms with Gasteiger partial charge in [-0.05, 0) is 36.2 Å². The first-order chi connectivity index (χ1) is 12.7. The number of aliphatic imine (C=N–C) groups is 1. The summed E-state index contributed by atoms with van der Waals surface area (Å²) < 4.78 is 29.9. The molecule has 1 amide bonds. The molecule has 27 heavy (non-hydrogen) atoms. The summed E-state index contributed by atoms with van der Waals surface area (Å²) in [7, 11) is -2.13.